The largest absolute Gasteiger partial charge is 0.285 e. The summed E-state index contributed by atoms with van der Waals surface area (Å²) in [6.07, 6.45) is 2.87. The van der Waals surface area contributed by atoms with E-state index in [2.05, 4.69) is 33.0 Å². The number of nitrogens with one attached hydrogen (secondary N) is 2. The third-order valence-electron chi connectivity index (χ3n) is 5.52. The quantitative estimate of drug-likeness (QED) is 0.615. The first kappa shape index (κ1) is 18.2. The molecule has 27 heavy (non-hydrogen) atoms. The first-order valence-electron chi connectivity index (χ1n) is 9.10. The third-order valence-corrected chi connectivity index (χ3v) is 5.78. The second-order valence-electron chi connectivity index (χ2n) is 7.19. The topological polar surface area (TPSA) is 96.9 Å². The number of nitrogens with zero attached hydrogens (tertiary/aromatic N) is 3. The first-order chi connectivity index (χ1) is 13.0. The zero-order valence-corrected chi connectivity index (χ0v) is 15.6. The van der Waals surface area contributed by atoms with Crippen LogP contribution in [0, 0.1) is 5.92 Å². The highest BCUT2D eigenvalue weighted by molar-refractivity contribution is 6.51. The number of hydrogen-bond acceptors (Lipinski definition) is 7. The lowest BCUT2D eigenvalue weighted by atomic mass is 9.76. The molecule has 0 amide bonds. The summed E-state index contributed by atoms with van der Waals surface area (Å²) in [6.45, 7) is 2.16. The standard InChI is InChI=1S/C19H20ClN5O2/c1-10-13-9-12(7-8-14(13)23-22-10)19-21-18(20)15(24-25-19)17(27)16(26)11-5-3-2-4-6-11/h2-6,10,12-14,22-23H,7-9H2,1H3. The van der Waals surface area contributed by atoms with Crippen molar-refractivity contribution in [1.29, 1.82) is 0 Å². The molecule has 4 rings (SSSR count). The summed E-state index contributed by atoms with van der Waals surface area (Å²) in [5.41, 5.74) is 6.71. The van der Waals surface area contributed by atoms with Crippen LogP contribution in [0.2, 0.25) is 5.15 Å². The van der Waals surface area contributed by atoms with Gasteiger partial charge in [-0.05, 0) is 32.1 Å². The van der Waals surface area contributed by atoms with Crippen molar-refractivity contribution in [1.82, 2.24) is 26.0 Å². The predicted molar refractivity (Wildman–Crippen MR) is 99.5 cm³/mol. The first-order valence-corrected chi connectivity index (χ1v) is 9.47. The van der Waals surface area contributed by atoms with Crippen LogP contribution in [0.25, 0.3) is 0 Å². The number of carbonyl (C=O) groups is 2. The van der Waals surface area contributed by atoms with Gasteiger partial charge in [-0.25, -0.2) is 4.98 Å². The Balaban J connectivity index is 1.53. The van der Waals surface area contributed by atoms with Gasteiger partial charge in [-0.3, -0.25) is 20.4 Å². The minimum atomic E-state index is -0.792. The van der Waals surface area contributed by atoms with Gasteiger partial charge >= 0.3 is 0 Å². The summed E-state index contributed by atoms with van der Waals surface area (Å²) >= 11 is 6.20. The molecule has 4 atom stereocenters. The van der Waals surface area contributed by atoms with Crippen molar-refractivity contribution >= 4 is 23.2 Å². The molecule has 0 bridgehead atoms. The van der Waals surface area contributed by atoms with Crippen molar-refractivity contribution in [2.24, 2.45) is 5.92 Å². The molecule has 1 aromatic carbocycles. The molecule has 1 saturated heterocycles. The lowest BCUT2D eigenvalue weighted by Gasteiger charge is -2.31. The Hall–Kier alpha value is -2.22. The normalized spacial score (nSPS) is 27.2. The smallest absolute Gasteiger partial charge is 0.256 e. The van der Waals surface area contributed by atoms with Crippen molar-refractivity contribution in [3.05, 3.63) is 52.6 Å². The number of rotatable bonds is 4. The van der Waals surface area contributed by atoms with Crippen molar-refractivity contribution in [3.8, 4) is 0 Å². The van der Waals surface area contributed by atoms with E-state index >= 15 is 0 Å². The highest BCUT2D eigenvalue weighted by atomic mass is 35.5. The lowest BCUT2D eigenvalue weighted by Crippen LogP contribution is -2.35. The fraction of sp³-hybridized carbons (Fsp3) is 0.421. The Labute approximate surface area is 161 Å². The average Bonchev–Trinajstić information content (AvgIpc) is 3.08. The van der Waals surface area contributed by atoms with Crippen molar-refractivity contribution < 1.29 is 9.59 Å². The summed E-state index contributed by atoms with van der Waals surface area (Å²) in [5, 5.41) is 8.04. The van der Waals surface area contributed by atoms with E-state index in [4.69, 9.17) is 11.6 Å². The number of hydrazine groups is 1. The average molecular weight is 386 g/mol. The minimum absolute atomic E-state index is 0.0628. The van der Waals surface area contributed by atoms with E-state index < -0.39 is 11.6 Å². The van der Waals surface area contributed by atoms with Crippen LogP contribution in [0.15, 0.2) is 30.3 Å². The molecule has 2 N–H and O–H groups in total. The van der Waals surface area contributed by atoms with Crippen LogP contribution in [0.3, 0.4) is 0 Å². The van der Waals surface area contributed by atoms with E-state index in [-0.39, 0.29) is 22.3 Å². The van der Waals surface area contributed by atoms with Crippen LogP contribution in [-0.2, 0) is 0 Å². The summed E-state index contributed by atoms with van der Waals surface area (Å²) in [7, 11) is 0. The van der Waals surface area contributed by atoms with Crippen LogP contribution in [-0.4, -0.2) is 38.8 Å². The van der Waals surface area contributed by atoms with Gasteiger partial charge in [0.2, 0.25) is 5.78 Å². The fourth-order valence-electron chi connectivity index (χ4n) is 3.98. The molecule has 2 heterocycles. The summed E-state index contributed by atoms with van der Waals surface area (Å²) in [4.78, 5) is 29.1. The van der Waals surface area contributed by atoms with Crippen LogP contribution < -0.4 is 10.9 Å². The molecule has 1 aromatic heterocycles. The van der Waals surface area contributed by atoms with E-state index in [0.29, 0.717) is 23.8 Å². The van der Waals surface area contributed by atoms with Gasteiger partial charge in [-0.2, -0.15) is 0 Å². The van der Waals surface area contributed by atoms with Crippen LogP contribution >= 0.6 is 11.6 Å². The molecule has 4 unspecified atom stereocenters. The van der Waals surface area contributed by atoms with E-state index in [9.17, 15) is 9.59 Å². The summed E-state index contributed by atoms with van der Waals surface area (Å²) < 4.78 is 0. The molecular formula is C19H20ClN5O2. The molecule has 2 fully saturated rings. The Morgan fingerprint density at radius 1 is 1.07 bits per heavy atom. The molecule has 1 aliphatic carbocycles. The Morgan fingerprint density at radius 2 is 1.85 bits per heavy atom. The molecule has 140 valence electrons. The summed E-state index contributed by atoms with van der Waals surface area (Å²) in [5.74, 6) is -0.277. The monoisotopic (exact) mass is 385 g/mol. The summed E-state index contributed by atoms with van der Waals surface area (Å²) in [6, 6.07) is 9.15. The molecular weight excluding hydrogens is 366 g/mol. The van der Waals surface area contributed by atoms with Crippen molar-refractivity contribution in [2.75, 3.05) is 0 Å². The van der Waals surface area contributed by atoms with Gasteiger partial charge in [0.15, 0.2) is 16.7 Å². The fourth-order valence-corrected chi connectivity index (χ4v) is 4.19. The number of halogens is 1. The van der Waals surface area contributed by atoms with Crippen LogP contribution in [0.5, 0.6) is 0 Å². The molecule has 0 radical (unpaired) electrons. The van der Waals surface area contributed by atoms with Gasteiger partial charge in [0.05, 0.1) is 0 Å². The number of aromatic nitrogens is 3. The number of Topliss-reactive ketones (excluding diaryl/α,β-unsaturated/α-hetero) is 2. The molecule has 1 saturated carbocycles. The van der Waals surface area contributed by atoms with Gasteiger partial charge < -0.3 is 0 Å². The maximum atomic E-state index is 12.5. The molecule has 2 aromatic rings. The Morgan fingerprint density at radius 3 is 2.59 bits per heavy atom. The lowest BCUT2D eigenvalue weighted by molar-refractivity contribution is 0.0813. The number of hydrogen-bond donors (Lipinski definition) is 2. The van der Waals surface area contributed by atoms with Gasteiger partial charge in [-0.1, -0.05) is 41.9 Å². The maximum absolute atomic E-state index is 12.5. The van der Waals surface area contributed by atoms with Crippen molar-refractivity contribution in [3.63, 3.8) is 0 Å². The number of benzene rings is 1. The number of ketones is 2. The Kier molecular flexibility index (Phi) is 4.99. The van der Waals surface area contributed by atoms with E-state index in [1.165, 1.54) is 0 Å². The van der Waals surface area contributed by atoms with E-state index in [1.54, 1.807) is 30.3 Å². The zero-order valence-electron chi connectivity index (χ0n) is 14.9. The van der Waals surface area contributed by atoms with Gasteiger partial charge in [-0.15, -0.1) is 10.2 Å². The second kappa shape index (κ2) is 7.42. The zero-order chi connectivity index (χ0) is 19.0. The highest BCUT2D eigenvalue weighted by Gasteiger charge is 2.39. The third kappa shape index (κ3) is 3.50. The molecule has 1 aliphatic heterocycles. The van der Waals surface area contributed by atoms with Crippen molar-refractivity contribution in [2.45, 2.75) is 44.2 Å². The van der Waals surface area contributed by atoms with Gasteiger partial charge in [0, 0.05) is 23.6 Å². The number of fused-ring (bicyclic) bond motifs is 1. The van der Waals surface area contributed by atoms with Crippen LogP contribution in [0.4, 0.5) is 0 Å². The molecule has 0 spiro atoms. The Bertz CT molecular complexity index is 876. The van der Waals surface area contributed by atoms with Gasteiger partial charge in [0.1, 0.15) is 0 Å². The predicted octanol–water partition coefficient (Wildman–Crippen LogP) is 2.34. The SMILES string of the molecule is CC1NNC2CCC(c3nnc(C(=O)C(=O)c4ccccc4)c(Cl)n3)CC12. The van der Waals surface area contributed by atoms with Gasteiger partial charge in [0.25, 0.3) is 5.78 Å². The second-order valence-corrected chi connectivity index (χ2v) is 7.55. The number of carbonyl (C=O) groups excluding carboxylic acids is 2. The van der Waals surface area contributed by atoms with E-state index in [0.717, 1.165) is 19.3 Å². The molecule has 2 aliphatic rings. The van der Waals surface area contributed by atoms with Crippen LogP contribution in [0.1, 0.15) is 58.8 Å². The highest BCUT2D eigenvalue weighted by Crippen LogP contribution is 2.38. The molecule has 8 heteroatoms. The minimum Gasteiger partial charge on any atom is -0.285 e. The molecule has 7 nitrogen and oxygen atoms in total. The van der Waals surface area contributed by atoms with E-state index in [1.807, 2.05) is 0 Å². The maximum Gasteiger partial charge on any atom is 0.256 e.